The Morgan fingerprint density at radius 2 is 1.81 bits per heavy atom. The van der Waals surface area contributed by atoms with Gasteiger partial charge in [-0.05, 0) is 17.7 Å². The molecule has 1 fully saturated rings. The van der Waals surface area contributed by atoms with Gasteiger partial charge in [0.05, 0.1) is 11.1 Å². The highest BCUT2D eigenvalue weighted by molar-refractivity contribution is 6.64. The van der Waals surface area contributed by atoms with E-state index in [9.17, 15) is 14.9 Å². The molecular weight excluding hydrogens is 331 g/mol. The van der Waals surface area contributed by atoms with Gasteiger partial charge in [-0.3, -0.25) is 10.1 Å². The summed E-state index contributed by atoms with van der Waals surface area (Å²) in [5.41, 5.74) is 2.28. The number of hydrogen-bond acceptors (Lipinski definition) is 6. The average molecular weight is 351 g/mol. The molecule has 7 nitrogen and oxygen atoms in total. The summed E-state index contributed by atoms with van der Waals surface area (Å²) in [7, 11) is 1.52. The summed E-state index contributed by atoms with van der Waals surface area (Å²) >= 11 is 0. The molecule has 2 aromatic carbocycles. The van der Waals surface area contributed by atoms with E-state index in [2.05, 4.69) is 5.32 Å². The summed E-state index contributed by atoms with van der Waals surface area (Å²) in [6.07, 6.45) is 0.770. The van der Waals surface area contributed by atoms with Gasteiger partial charge in [0.1, 0.15) is 11.4 Å². The van der Waals surface area contributed by atoms with E-state index in [0.29, 0.717) is 44.1 Å². The molecule has 0 bridgehead atoms. The molecule has 0 atom stereocenters. The molecule has 1 heterocycles. The third kappa shape index (κ3) is 4.21. The molecule has 1 aliphatic rings. The van der Waals surface area contributed by atoms with Crippen LogP contribution in [0.5, 0.6) is 0 Å². The van der Waals surface area contributed by atoms with Gasteiger partial charge in [0, 0.05) is 32.7 Å². The predicted molar refractivity (Wildman–Crippen MR) is 103 cm³/mol. The first-order chi connectivity index (χ1) is 12.7. The molecular formula is C18H20BN4O3. The monoisotopic (exact) mass is 351 g/mol. The number of carbonyl (C=O) groups excluding carboxylic acids is 1. The summed E-state index contributed by atoms with van der Waals surface area (Å²) in [4.78, 5) is 25.9. The summed E-state index contributed by atoms with van der Waals surface area (Å²) in [5.74, 6) is 0. The number of nitro groups is 1. The molecule has 8 heteroatoms. The largest absolute Gasteiger partial charge is 0.375 e. The Balaban J connectivity index is 1.78. The van der Waals surface area contributed by atoms with E-state index in [0.717, 1.165) is 11.7 Å². The fourth-order valence-electron chi connectivity index (χ4n) is 3.11. The van der Waals surface area contributed by atoms with Crippen LogP contribution in [0.25, 0.3) is 0 Å². The zero-order chi connectivity index (χ0) is 18.4. The lowest BCUT2D eigenvalue weighted by Gasteiger charge is -2.35. The summed E-state index contributed by atoms with van der Waals surface area (Å²) < 4.78 is 0. The van der Waals surface area contributed by atoms with E-state index in [1.54, 1.807) is 12.1 Å². The Morgan fingerprint density at radius 1 is 1.08 bits per heavy atom. The molecule has 133 valence electrons. The molecule has 3 rings (SSSR count). The van der Waals surface area contributed by atoms with Crippen molar-refractivity contribution in [1.29, 1.82) is 0 Å². The second kappa shape index (κ2) is 8.49. The Labute approximate surface area is 153 Å². The lowest BCUT2D eigenvalue weighted by Crippen LogP contribution is -2.48. The Kier molecular flexibility index (Phi) is 5.86. The van der Waals surface area contributed by atoms with Crippen LogP contribution < -0.4 is 10.2 Å². The topological polar surface area (TPSA) is 78.7 Å². The van der Waals surface area contributed by atoms with Gasteiger partial charge in [0.15, 0.2) is 0 Å². The molecule has 0 saturated carbocycles. The Bertz CT molecular complexity index is 764. The van der Waals surface area contributed by atoms with Gasteiger partial charge in [0.25, 0.3) is 7.41 Å². The second-order valence-corrected chi connectivity index (χ2v) is 6.08. The van der Waals surface area contributed by atoms with Crippen LogP contribution in [0.4, 0.5) is 17.1 Å². The SMILES string of the molecule is O=C[B]N1CCN(c2cccc(NCc3ccccc3)c2[N+](=O)[O-])CC1. The average Bonchev–Trinajstić information content (AvgIpc) is 2.67. The molecule has 1 N–H and O–H groups in total. The first-order valence-corrected chi connectivity index (χ1v) is 8.52. The van der Waals surface area contributed by atoms with Gasteiger partial charge in [0.2, 0.25) is 0 Å². The number of piperazine rings is 1. The minimum Gasteiger partial charge on any atom is -0.375 e. The highest BCUT2D eigenvalue weighted by Gasteiger charge is 2.26. The van der Waals surface area contributed by atoms with Gasteiger partial charge >= 0.3 is 5.69 Å². The van der Waals surface area contributed by atoms with Gasteiger partial charge in [-0.2, -0.15) is 0 Å². The van der Waals surface area contributed by atoms with Crippen LogP contribution in [0.3, 0.4) is 0 Å². The molecule has 0 aromatic heterocycles. The van der Waals surface area contributed by atoms with Crippen molar-refractivity contribution in [1.82, 2.24) is 4.81 Å². The van der Waals surface area contributed by atoms with Crippen molar-refractivity contribution < 1.29 is 9.72 Å². The van der Waals surface area contributed by atoms with Crippen molar-refractivity contribution in [3.63, 3.8) is 0 Å². The first-order valence-electron chi connectivity index (χ1n) is 8.52. The molecule has 0 aliphatic carbocycles. The number of rotatable bonds is 7. The van der Waals surface area contributed by atoms with Crippen molar-refractivity contribution in [2.24, 2.45) is 0 Å². The maximum absolute atomic E-state index is 11.7. The third-order valence-electron chi connectivity index (χ3n) is 4.45. The van der Waals surface area contributed by atoms with Crippen molar-refractivity contribution in [3.05, 3.63) is 64.2 Å². The molecule has 1 radical (unpaired) electrons. The van der Waals surface area contributed by atoms with Crippen LogP contribution in [0.1, 0.15) is 5.56 Å². The van der Waals surface area contributed by atoms with Crippen molar-refractivity contribution in [3.8, 4) is 0 Å². The zero-order valence-electron chi connectivity index (χ0n) is 14.4. The predicted octanol–water partition coefficient (Wildman–Crippen LogP) is 2.14. The molecule has 26 heavy (non-hydrogen) atoms. The summed E-state index contributed by atoms with van der Waals surface area (Å²) in [6.45, 7) is 3.11. The fourth-order valence-corrected chi connectivity index (χ4v) is 3.11. The van der Waals surface area contributed by atoms with Gasteiger partial charge in [-0.25, -0.2) is 0 Å². The zero-order valence-corrected chi connectivity index (χ0v) is 14.4. The molecule has 1 saturated heterocycles. The van der Waals surface area contributed by atoms with Crippen molar-refractivity contribution in [2.45, 2.75) is 6.54 Å². The normalized spacial score (nSPS) is 14.7. The smallest absolute Gasteiger partial charge is 0.315 e. The second-order valence-electron chi connectivity index (χ2n) is 6.08. The highest BCUT2D eigenvalue weighted by atomic mass is 16.6. The lowest BCUT2D eigenvalue weighted by molar-refractivity contribution is -0.383. The van der Waals surface area contributed by atoms with Gasteiger partial charge in [-0.15, -0.1) is 0 Å². The van der Waals surface area contributed by atoms with E-state index in [-0.39, 0.29) is 10.6 Å². The Hall–Kier alpha value is -2.87. The van der Waals surface area contributed by atoms with Crippen LogP contribution in [0.2, 0.25) is 0 Å². The van der Waals surface area contributed by atoms with E-state index in [1.807, 2.05) is 46.1 Å². The number of nitrogens with one attached hydrogen (secondary N) is 1. The maximum Gasteiger partial charge on any atom is 0.315 e. The number of hydrogen-bond donors (Lipinski definition) is 1. The van der Waals surface area contributed by atoms with Gasteiger partial charge in [-0.1, -0.05) is 36.4 Å². The van der Waals surface area contributed by atoms with Crippen LogP contribution in [0.15, 0.2) is 48.5 Å². The number of carbonyl (C=O) groups is 1. The van der Waals surface area contributed by atoms with E-state index < -0.39 is 0 Å². The number of nitro benzene ring substituents is 1. The van der Waals surface area contributed by atoms with Crippen LogP contribution in [-0.2, 0) is 11.3 Å². The van der Waals surface area contributed by atoms with Crippen LogP contribution >= 0.6 is 0 Å². The molecule has 0 spiro atoms. The fraction of sp³-hybridized carbons (Fsp3) is 0.278. The highest BCUT2D eigenvalue weighted by Crippen LogP contribution is 2.36. The number of para-hydroxylation sites is 1. The van der Waals surface area contributed by atoms with E-state index in [4.69, 9.17) is 0 Å². The maximum atomic E-state index is 11.7. The van der Waals surface area contributed by atoms with Crippen molar-refractivity contribution in [2.75, 3.05) is 36.4 Å². The van der Waals surface area contributed by atoms with E-state index in [1.165, 1.54) is 7.41 Å². The van der Waals surface area contributed by atoms with E-state index >= 15 is 0 Å². The quantitative estimate of drug-likeness (QED) is 0.356. The summed E-state index contributed by atoms with van der Waals surface area (Å²) in [5, 5.41) is 14.9. The van der Waals surface area contributed by atoms with Crippen LogP contribution in [-0.4, -0.2) is 49.5 Å². The van der Waals surface area contributed by atoms with Crippen LogP contribution in [0, 0.1) is 10.1 Å². The number of anilines is 2. The lowest BCUT2D eigenvalue weighted by atomic mass is 9.93. The summed E-state index contributed by atoms with van der Waals surface area (Å²) in [6, 6.07) is 15.1. The Morgan fingerprint density at radius 3 is 2.46 bits per heavy atom. The molecule has 0 unspecified atom stereocenters. The molecule has 2 aromatic rings. The first kappa shape index (κ1) is 17.9. The third-order valence-corrected chi connectivity index (χ3v) is 4.45. The molecule has 1 aliphatic heterocycles. The minimum atomic E-state index is -0.327. The number of nitrogens with zero attached hydrogens (tertiary/aromatic N) is 3. The minimum absolute atomic E-state index is 0.0937. The van der Waals surface area contributed by atoms with Crippen molar-refractivity contribution >= 4 is 30.7 Å². The standard InChI is InChI=1S/C18H20BN4O3/c24-14-19-22-11-9-21(10-12-22)17-8-4-7-16(18(17)23(25)26)20-13-15-5-2-1-3-6-15/h1-8,14,20H,9-13H2. The number of benzene rings is 2. The van der Waals surface area contributed by atoms with Gasteiger partial charge < -0.3 is 19.8 Å². The molecule has 0 amide bonds.